The van der Waals surface area contributed by atoms with E-state index in [1.54, 1.807) is 0 Å². The Labute approximate surface area is 108 Å². The van der Waals surface area contributed by atoms with Crippen LogP contribution in [0.15, 0.2) is 24.3 Å². The summed E-state index contributed by atoms with van der Waals surface area (Å²) < 4.78 is 5.66. The minimum absolute atomic E-state index is 0.00426. The first kappa shape index (κ1) is 13.1. The second-order valence-corrected chi connectivity index (χ2v) is 5.29. The number of hydrogen-bond acceptors (Lipinski definition) is 3. The zero-order valence-electron chi connectivity index (χ0n) is 11.1. The third kappa shape index (κ3) is 3.33. The van der Waals surface area contributed by atoms with Crippen LogP contribution in [0.25, 0.3) is 0 Å². The molecule has 0 saturated heterocycles. The summed E-state index contributed by atoms with van der Waals surface area (Å²) in [4.78, 5) is 12.2. The van der Waals surface area contributed by atoms with Crippen LogP contribution in [0.2, 0.25) is 0 Å². The number of nitrogens with two attached hydrogens (primary N) is 1. The first-order chi connectivity index (χ1) is 8.58. The number of para-hydroxylation sites is 1. The lowest BCUT2D eigenvalue weighted by atomic mass is 10.0. The molecule has 0 bridgehead atoms. The Kier molecular flexibility index (Phi) is 4.02. The van der Waals surface area contributed by atoms with Gasteiger partial charge in [-0.15, -0.1) is 0 Å². The molecule has 1 fully saturated rings. The van der Waals surface area contributed by atoms with Crippen molar-refractivity contribution in [1.29, 1.82) is 0 Å². The average Bonchev–Trinajstić information content (AvgIpc) is 3.12. The lowest BCUT2D eigenvalue weighted by molar-refractivity contribution is 0.0965. The Hall–Kier alpha value is -1.35. The van der Waals surface area contributed by atoms with Gasteiger partial charge in [-0.3, -0.25) is 4.79 Å². The molecule has 18 heavy (non-hydrogen) atoms. The highest BCUT2D eigenvalue weighted by molar-refractivity contribution is 5.99. The maximum absolute atomic E-state index is 12.2. The topological polar surface area (TPSA) is 52.3 Å². The monoisotopic (exact) mass is 247 g/mol. The van der Waals surface area contributed by atoms with Crippen LogP contribution in [-0.2, 0) is 0 Å². The van der Waals surface area contributed by atoms with Gasteiger partial charge < -0.3 is 10.5 Å². The molecular weight excluding hydrogens is 226 g/mol. The van der Waals surface area contributed by atoms with Gasteiger partial charge in [0.05, 0.1) is 11.7 Å². The van der Waals surface area contributed by atoms with E-state index in [0.717, 1.165) is 0 Å². The predicted molar refractivity (Wildman–Crippen MR) is 71.9 cm³/mol. The highest BCUT2D eigenvalue weighted by Gasteiger charge is 2.30. The summed E-state index contributed by atoms with van der Waals surface area (Å²) in [6.07, 6.45) is 2.82. The van der Waals surface area contributed by atoms with Gasteiger partial charge in [-0.05, 0) is 44.7 Å². The smallest absolute Gasteiger partial charge is 0.168 e. The van der Waals surface area contributed by atoms with E-state index in [4.69, 9.17) is 10.5 Å². The van der Waals surface area contributed by atoms with Gasteiger partial charge in [0.25, 0.3) is 0 Å². The number of carbonyl (C=O) groups excluding carboxylic acids is 1. The van der Waals surface area contributed by atoms with Crippen molar-refractivity contribution in [3.63, 3.8) is 0 Å². The Bertz CT molecular complexity index is 424. The number of ether oxygens (including phenoxy) is 1. The summed E-state index contributed by atoms with van der Waals surface area (Å²) in [5.41, 5.74) is 6.66. The van der Waals surface area contributed by atoms with Crippen LogP contribution in [-0.4, -0.2) is 17.9 Å². The van der Waals surface area contributed by atoms with Gasteiger partial charge in [-0.25, -0.2) is 0 Å². The molecule has 0 heterocycles. The van der Waals surface area contributed by atoms with Gasteiger partial charge in [-0.1, -0.05) is 12.1 Å². The summed E-state index contributed by atoms with van der Waals surface area (Å²) in [6, 6.07) is 7.41. The number of rotatable bonds is 6. The molecule has 0 aromatic heterocycles. The predicted octanol–water partition coefficient (Wildman–Crippen LogP) is 2.78. The van der Waals surface area contributed by atoms with Crippen LogP contribution in [0.4, 0.5) is 0 Å². The molecule has 3 heteroatoms. The molecule has 0 aliphatic heterocycles. The van der Waals surface area contributed by atoms with E-state index in [0.29, 0.717) is 23.7 Å². The molecule has 0 radical (unpaired) electrons. The van der Waals surface area contributed by atoms with Crippen molar-refractivity contribution in [2.75, 3.05) is 0 Å². The quantitative estimate of drug-likeness (QED) is 0.786. The molecule has 1 aromatic carbocycles. The largest absolute Gasteiger partial charge is 0.490 e. The summed E-state index contributed by atoms with van der Waals surface area (Å²) >= 11 is 0. The maximum atomic E-state index is 12.2. The van der Waals surface area contributed by atoms with E-state index in [9.17, 15) is 4.79 Å². The van der Waals surface area contributed by atoms with Gasteiger partial charge in [0.2, 0.25) is 0 Å². The van der Waals surface area contributed by atoms with Crippen LogP contribution in [0, 0.1) is 5.92 Å². The number of carbonyl (C=O) groups is 1. The molecule has 1 aromatic rings. The molecule has 1 saturated carbocycles. The molecule has 0 spiro atoms. The van der Waals surface area contributed by atoms with E-state index in [-0.39, 0.29) is 17.9 Å². The molecule has 2 N–H and O–H groups in total. The van der Waals surface area contributed by atoms with E-state index >= 15 is 0 Å². The number of benzene rings is 1. The van der Waals surface area contributed by atoms with Crippen molar-refractivity contribution >= 4 is 5.78 Å². The standard InChI is InChI=1S/C15H21NO2/c1-10(2)18-15-6-4-3-5-12(15)14(17)9-13(16)11-7-8-11/h3-6,10-11,13H,7-9,16H2,1-2H3. The minimum Gasteiger partial charge on any atom is -0.490 e. The third-order valence-corrected chi connectivity index (χ3v) is 3.20. The number of hydrogen-bond donors (Lipinski definition) is 1. The number of ketones is 1. The van der Waals surface area contributed by atoms with Gasteiger partial charge in [0.1, 0.15) is 5.75 Å². The molecule has 1 aliphatic rings. The van der Waals surface area contributed by atoms with Gasteiger partial charge in [-0.2, -0.15) is 0 Å². The molecular formula is C15H21NO2. The molecule has 2 rings (SSSR count). The highest BCUT2D eigenvalue weighted by atomic mass is 16.5. The molecule has 1 unspecified atom stereocenters. The third-order valence-electron chi connectivity index (χ3n) is 3.20. The zero-order chi connectivity index (χ0) is 13.1. The Morgan fingerprint density at radius 1 is 1.39 bits per heavy atom. The molecule has 0 amide bonds. The molecule has 1 atom stereocenters. The van der Waals surface area contributed by atoms with E-state index < -0.39 is 0 Å². The molecule has 1 aliphatic carbocycles. The van der Waals surface area contributed by atoms with Crippen molar-refractivity contribution in [1.82, 2.24) is 0 Å². The lowest BCUT2D eigenvalue weighted by Crippen LogP contribution is -2.26. The second-order valence-electron chi connectivity index (χ2n) is 5.29. The van der Waals surface area contributed by atoms with Crippen molar-refractivity contribution in [2.24, 2.45) is 11.7 Å². The maximum Gasteiger partial charge on any atom is 0.168 e. The van der Waals surface area contributed by atoms with Crippen LogP contribution in [0.1, 0.15) is 43.5 Å². The molecule has 3 nitrogen and oxygen atoms in total. The summed E-state index contributed by atoms with van der Waals surface area (Å²) in [5, 5.41) is 0. The van der Waals surface area contributed by atoms with E-state index in [1.807, 2.05) is 38.1 Å². The summed E-state index contributed by atoms with van der Waals surface area (Å²) in [7, 11) is 0. The first-order valence-electron chi connectivity index (χ1n) is 6.62. The van der Waals surface area contributed by atoms with E-state index in [1.165, 1.54) is 12.8 Å². The second kappa shape index (κ2) is 5.53. The number of Topliss-reactive ketones (excluding diaryl/α,β-unsaturated/α-hetero) is 1. The fourth-order valence-electron chi connectivity index (χ4n) is 2.07. The first-order valence-corrected chi connectivity index (χ1v) is 6.62. The van der Waals surface area contributed by atoms with Crippen LogP contribution >= 0.6 is 0 Å². The Morgan fingerprint density at radius 2 is 2.06 bits per heavy atom. The van der Waals surface area contributed by atoms with E-state index in [2.05, 4.69) is 0 Å². The zero-order valence-corrected chi connectivity index (χ0v) is 11.1. The molecule has 98 valence electrons. The van der Waals surface area contributed by atoms with Crippen molar-refractivity contribution in [3.8, 4) is 5.75 Å². The van der Waals surface area contributed by atoms with Crippen molar-refractivity contribution in [2.45, 2.75) is 45.3 Å². The van der Waals surface area contributed by atoms with Gasteiger partial charge in [0.15, 0.2) is 5.78 Å². The van der Waals surface area contributed by atoms with Crippen molar-refractivity contribution < 1.29 is 9.53 Å². The van der Waals surface area contributed by atoms with Crippen molar-refractivity contribution in [3.05, 3.63) is 29.8 Å². The average molecular weight is 247 g/mol. The summed E-state index contributed by atoms with van der Waals surface area (Å²) in [6.45, 7) is 3.91. The van der Waals surface area contributed by atoms with Crippen LogP contribution in [0.5, 0.6) is 5.75 Å². The van der Waals surface area contributed by atoms with Crippen LogP contribution < -0.4 is 10.5 Å². The van der Waals surface area contributed by atoms with Gasteiger partial charge >= 0.3 is 0 Å². The minimum atomic E-state index is 0.00426. The lowest BCUT2D eigenvalue weighted by Gasteiger charge is -2.15. The Morgan fingerprint density at radius 3 is 2.67 bits per heavy atom. The van der Waals surface area contributed by atoms with Gasteiger partial charge in [0, 0.05) is 12.5 Å². The Balaban J connectivity index is 2.08. The SMILES string of the molecule is CC(C)Oc1ccccc1C(=O)CC(N)C1CC1. The summed E-state index contributed by atoms with van der Waals surface area (Å²) in [5.74, 6) is 1.30. The fourth-order valence-corrected chi connectivity index (χ4v) is 2.07. The highest BCUT2D eigenvalue weighted by Crippen LogP contribution is 2.33. The fraction of sp³-hybridized carbons (Fsp3) is 0.533. The normalized spacial score (nSPS) is 16.7. The van der Waals surface area contributed by atoms with Crippen LogP contribution in [0.3, 0.4) is 0 Å².